The van der Waals surface area contributed by atoms with Crippen LogP contribution in [0.1, 0.15) is 18.9 Å². The summed E-state index contributed by atoms with van der Waals surface area (Å²) < 4.78 is 5.70. The fourth-order valence-electron chi connectivity index (χ4n) is 1.78. The standard InChI is InChI=1S/C15H16O2S/c1-2-6-11-9-10-13(16)14(15(11)18)17-12-7-4-3-5-8-12/h3-5,7-10,16,18H,2,6H2,1H3. The first-order valence-corrected chi connectivity index (χ1v) is 6.43. The Morgan fingerprint density at radius 1 is 1.11 bits per heavy atom. The third kappa shape index (κ3) is 2.79. The Hall–Kier alpha value is -1.61. The lowest BCUT2D eigenvalue weighted by molar-refractivity contribution is 0.402. The Bertz CT molecular complexity index is 524. The van der Waals surface area contributed by atoms with Gasteiger partial charge in [-0.25, -0.2) is 0 Å². The Morgan fingerprint density at radius 2 is 1.83 bits per heavy atom. The number of rotatable bonds is 4. The molecule has 0 aliphatic heterocycles. The van der Waals surface area contributed by atoms with Gasteiger partial charge >= 0.3 is 0 Å². The number of benzene rings is 2. The molecule has 0 fully saturated rings. The Morgan fingerprint density at radius 3 is 2.50 bits per heavy atom. The van der Waals surface area contributed by atoms with E-state index in [2.05, 4.69) is 19.6 Å². The summed E-state index contributed by atoms with van der Waals surface area (Å²) in [6.45, 7) is 2.11. The van der Waals surface area contributed by atoms with Crippen molar-refractivity contribution in [1.29, 1.82) is 0 Å². The Balaban J connectivity index is 2.34. The molecule has 94 valence electrons. The van der Waals surface area contributed by atoms with E-state index in [1.807, 2.05) is 36.4 Å². The highest BCUT2D eigenvalue weighted by Crippen LogP contribution is 2.38. The van der Waals surface area contributed by atoms with Gasteiger partial charge in [0.05, 0.1) is 4.90 Å². The second-order valence-corrected chi connectivity index (χ2v) is 4.53. The Labute approximate surface area is 113 Å². The third-order valence-corrected chi connectivity index (χ3v) is 3.17. The quantitative estimate of drug-likeness (QED) is 0.797. The second kappa shape index (κ2) is 5.83. The van der Waals surface area contributed by atoms with Crippen LogP contribution in [-0.2, 0) is 6.42 Å². The van der Waals surface area contributed by atoms with Gasteiger partial charge in [0.1, 0.15) is 5.75 Å². The molecule has 0 aliphatic carbocycles. The lowest BCUT2D eigenvalue weighted by Crippen LogP contribution is -1.92. The van der Waals surface area contributed by atoms with Gasteiger partial charge in [-0.3, -0.25) is 0 Å². The first-order valence-electron chi connectivity index (χ1n) is 5.99. The largest absolute Gasteiger partial charge is 0.504 e. The van der Waals surface area contributed by atoms with Crippen molar-refractivity contribution in [3.05, 3.63) is 48.0 Å². The number of thiol groups is 1. The molecule has 0 heterocycles. The molecular weight excluding hydrogens is 244 g/mol. The van der Waals surface area contributed by atoms with E-state index in [0.29, 0.717) is 16.4 Å². The van der Waals surface area contributed by atoms with Gasteiger partial charge in [0.15, 0.2) is 11.5 Å². The van der Waals surface area contributed by atoms with E-state index in [-0.39, 0.29) is 5.75 Å². The zero-order valence-corrected chi connectivity index (χ0v) is 11.2. The number of phenolic OH excluding ortho intramolecular Hbond substituents is 1. The number of hydrogen-bond donors (Lipinski definition) is 2. The van der Waals surface area contributed by atoms with Crippen molar-refractivity contribution in [1.82, 2.24) is 0 Å². The van der Waals surface area contributed by atoms with Crippen LogP contribution in [-0.4, -0.2) is 5.11 Å². The van der Waals surface area contributed by atoms with Crippen LogP contribution in [0.3, 0.4) is 0 Å². The molecule has 0 saturated heterocycles. The summed E-state index contributed by atoms with van der Waals surface area (Å²) in [6, 6.07) is 12.9. The summed E-state index contributed by atoms with van der Waals surface area (Å²) in [5.74, 6) is 1.23. The van der Waals surface area contributed by atoms with Crippen LogP contribution >= 0.6 is 12.6 Å². The molecule has 2 rings (SSSR count). The second-order valence-electron chi connectivity index (χ2n) is 4.09. The van der Waals surface area contributed by atoms with Gasteiger partial charge in [0, 0.05) is 0 Å². The van der Waals surface area contributed by atoms with Crippen molar-refractivity contribution >= 4 is 12.6 Å². The van der Waals surface area contributed by atoms with Gasteiger partial charge in [-0.2, -0.15) is 0 Å². The predicted molar refractivity (Wildman–Crippen MR) is 75.9 cm³/mol. The van der Waals surface area contributed by atoms with Crippen LogP contribution in [0, 0.1) is 0 Å². The zero-order chi connectivity index (χ0) is 13.0. The minimum absolute atomic E-state index is 0.115. The van der Waals surface area contributed by atoms with Crippen LogP contribution in [0.15, 0.2) is 47.4 Å². The van der Waals surface area contributed by atoms with E-state index in [1.54, 1.807) is 6.07 Å². The van der Waals surface area contributed by atoms with Gasteiger partial charge in [-0.05, 0) is 30.2 Å². The van der Waals surface area contributed by atoms with E-state index in [9.17, 15) is 5.11 Å². The maximum absolute atomic E-state index is 9.87. The smallest absolute Gasteiger partial charge is 0.182 e. The molecule has 2 aromatic carbocycles. The highest BCUT2D eigenvalue weighted by molar-refractivity contribution is 7.80. The van der Waals surface area contributed by atoms with Gasteiger partial charge < -0.3 is 9.84 Å². The molecule has 0 amide bonds. The molecule has 1 N–H and O–H groups in total. The summed E-state index contributed by atoms with van der Waals surface area (Å²) in [6.07, 6.45) is 1.95. The molecule has 0 atom stereocenters. The SMILES string of the molecule is CCCc1ccc(O)c(Oc2ccccc2)c1S. The molecule has 18 heavy (non-hydrogen) atoms. The van der Waals surface area contributed by atoms with Crippen molar-refractivity contribution in [2.24, 2.45) is 0 Å². The normalized spacial score (nSPS) is 10.3. The fraction of sp³-hybridized carbons (Fsp3) is 0.200. The van der Waals surface area contributed by atoms with Crippen LogP contribution in [0.2, 0.25) is 0 Å². The summed E-state index contributed by atoms with van der Waals surface area (Å²) in [5, 5.41) is 9.87. The van der Waals surface area contributed by atoms with Gasteiger partial charge in [0.2, 0.25) is 0 Å². The molecule has 0 aliphatic rings. The molecule has 0 radical (unpaired) electrons. The van der Waals surface area contributed by atoms with Crippen molar-refractivity contribution in [3.8, 4) is 17.2 Å². The number of aromatic hydroxyl groups is 1. The van der Waals surface area contributed by atoms with E-state index in [0.717, 1.165) is 18.4 Å². The van der Waals surface area contributed by atoms with Gasteiger partial charge in [-0.15, -0.1) is 12.6 Å². The van der Waals surface area contributed by atoms with Crippen molar-refractivity contribution in [3.63, 3.8) is 0 Å². The molecule has 0 unspecified atom stereocenters. The highest BCUT2D eigenvalue weighted by atomic mass is 32.1. The first kappa shape index (κ1) is 12.8. The monoisotopic (exact) mass is 260 g/mol. The van der Waals surface area contributed by atoms with E-state index < -0.39 is 0 Å². The zero-order valence-electron chi connectivity index (χ0n) is 10.3. The number of hydrogen-bond acceptors (Lipinski definition) is 3. The minimum atomic E-state index is 0.115. The lowest BCUT2D eigenvalue weighted by Gasteiger charge is -2.13. The molecule has 0 aromatic heterocycles. The van der Waals surface area contributed by atoms with Crippen LogP contribution in [0.4, 0.5) is 0 Å². The van der Waals surface area contributed by atoms with E-state index >= 15 is 0 Å². The first-order chi connectivity index (χ1) is 8.72. The van der Waals surface area contributed by atoms with Crippen molar-refractivity contribution in [2.75, 3.05) is 0 Å². The fourth-order valence-corrected chi connectivity index (χ4v) is 2.13. The van der Waals surface area contributed by atoms with E-state index in [4.69, 9.17) is 4.74 Å². The van der Waals surface area contributed by atoms with Crippen LogP contribution < -0.4 is 4.74 Å². The maximum Gasteiger partial charge on any atom is 0.182 e. The maximum atomic E-state index is 9.87. The molecule has 0 saturated carbocycles. The molecule has 0 spiro atoms. The minimum Gasteiger partial charge on any atom is -0.504 e. The third-order valence-electron chi connectivity index (χ3n) is 2.68. The lowest BCUT2D eigenvalue weighted by atomic mass is 10.1. The summed E-state index contributed by atoms with van der Waals surface area (Å²) in [5.41, 5.74) is 1.09. The van der Waals surface area contributed by atoms with Crippen LogP contribution in [0.5, 0.6) is 17.2 Å². The summed E-state index contributed by atoms with van der Waals surface area (Å²) >= 11 is 4.46. The van der Waals surface area contributed by atoms with Crippen molar-refractivity contribution < 1.29 is 9.84 Å². The highest BCUT2D eigenvalue weighted by Gasteiger charge is 2.12. The average molecular weight is 260 g/mol. The molecule has 2 nitrogen and oxygen atoms in total. The predicted octanol–water partition coefficient (Wildman–Crippen LogP) is 4.43. The molecular formula is C15H16O2S. The molecule has 0 bridgehead atoms. The number of phenols is 1. The number of para-hydroxylation sites is 1. The van der Waals surface area contributed by atoms with Crippen LogP contribution in [0.25, 0.3) is 0 Å². The van der Waals surface area contributed by atoms with Gasteiger partial charge in [0.25, 0.3) is 0 Å². The Kier molecular flexibility index (Phi) is 4.15. The summed E-state index contributed by atoms with van der Waals surface area (Å²) in [4.78, 5) is 0.709. The van der Waals surface area contributed by atoms with E-state index in [1.165, 1.54) is 0 Å². The van der Waals surface area contributed by atoms with Crippen molar-refractivity contribution in [2.45, 2.75) is 24.7 Å². The topological polar surface area (TPSA) is 29.5 Å². The molecule has 2 aromatic rings. The summed E-state index contributed by atoms with van der Waals surface area (Å²) in [7, 11) is 0. The molecule has 3 heteroatoms. The number of ether oxygens (including phenoxy) is 1. The van der Waals surface area contributed by atoms with Gasteiger partial charge in [-0.1, -0.05) is 37.6 Å². The number of aryl methyl sites for hydroxylation is 1. The average Bonchev–Trinajstić information content (AvgIpc) is 2.39.